The van der Waals surface area contributed by atoms with Crippen LogP contribution in [0.25, 0.3) is 0 Å². The topological polar surface area (TPSA) is 46.7 Å². The summed E-state index contributed by atoms with van der Waals surface area (Å²) in [5.41, 5.74) is -0.399. The van der Waals surface area contributed by atoms with E-state index >= 15 is 0 Å². The fraction of sp³-hybridized carbons (Fsp3) is 0.733. The quantitative estimate of drug-likeness (QED) is 0.403. The van der Waals surface area contributed by atoms with Gasteiger partial charge in [-0.25, -0.2) is 0 Å². The minimum atomic E-state index is -0.701. The Bertz CT molecular complexity index is 506. The molecule has 0 amide bonds. The van der Waals surface area contributed by atoms with Gasteiger partial charge in [0.2, 0.25) is 0 Å². The van der Waals surface area contributed by atoms with E-state index in [4.69, 9.17) is 4.74 Å². The van der Waals surface area contributed by atoms with Gasteiger partial charge in [-0.05, 0) is 36.5 Å². The molecular weight excluding hydrogens is 228 g/mol. The number of hydrogen-bond donors (Lipinski definition) is 0. The number of fused-ring (bicyclic) bond motifs is 2. The van der Waals surface area contributed by atoms with Crippen LogP contribution in [-0.4, -0.2) is 23.8 Å². The van der Waals surface area contributed by atoms with E-state index in [0.717, 1.165) is 25.5 Å². The number of ketones is 1. The molecule has 1 saturated heterocycles. The lowest BCUT2D eigenvalue weighted by atomic mass is 9.69. The van der Waals surface area contributed by atoms with Gasteiger partial charge in [-0.2, -0.15) is 0 Å². The number of rotatable bonds is 1. The summed E-state index contributed by atoms with van der Waals surface area (Å²) in [6.45, 7) is 8.45. The molecule has 1 spiro atoms. The van der Waals surface area contributed by atoms with Gasteiger partial charge < -0.3 is 9.53 Å². The van der Waals surface area contributed by atoms with Crippen LogP contribution in [0.3, 0.4) is 0 Å². The molecule has 0 bridgehead atoms. The normalized spacial score (nSPS) is 55.1. The van der Waals surface area contributed by atoms with E-state index in [9.17, 15) is 9.59 Å². The maximum atomic E-state index is 12.1. The zero-order chi connectivity index (χ0) is 12.9. The molecule has 3 saturated carbocycles. The number of aldehydes is 1. The average Bonchev–Trinajstić information content (AvgIpc) is 2.79. The zero-order valence-electron chi connectivity index (χ0n) is 10.9. The van der Waals surface area contributed by atoms with Crippen molar-refractivity contribution in [1.82, 2.24) is 0 Å². The van der Waals surface area contributed by atoms with Crippen molar-refractivity contribution in [3.05, 3.63) is 12.2 Å². The Morgan fingerprint density at radius 2 is 2.06 bits per heavy atom. The predicted molar refractivity (Wildman–Crippen MR) is 64.9 cm³/mol. The van der Waals surface area contributed by atoms with Crippen molar-refractivity contribution >= 4 is 12.1 Å². The molecule has 3 nitrogen and oxygen atoms in total. The van der Waals surface area contributed by atoms with Crippen molar-refractivity contribution in [2.75, 3.05) is 0 Å². The minimum absolute atomic E-state index is 0.0229. The lowest BCUT2D eigenvalue weighted by molar-refractivity contribution is -0.124. The molecule has 0 aromatic carbocycles. The molecule has 4 aliphatic rings. The first-order valence-electron chi connectivity index (χ1n) is 6.76. The molecule has 0 unspecified atom stereocenters. The predicted octanol–water partition coefficient (Wildman–Crippen LogP) is 1.90. The fourth-order valence-corrected chi connectivity index (χ4v) is 5.33. The molecular formula is C15H18O3. The second-order valence-corrected chi connectivity index (χ2v) is 7.36. The third-order valence-electron chi connectivity index (χ3n) is 5.92. The second kappa shape index (κ2) is 2.64. The fourth-order valence-electron chi connectivity index (χ4n) is 5.33. The SMILES string of the molecule is C=C1C(=O)[C@H]2O[C@]23C[C@H]2CC(C)(C)C[C@H]2[C@]13C=O. The van der Waals surface area contributed by atoms with E-state index in [1.807, 2.05) is 0 Å². The van der Waals surface area contributed by atoms with E-state index < -0.39 is 11.0 Å². The molecule has 96 valence electrons. The van der Waals surface area contributed by atoms with E-state index in [0.29, 0.717) is 11.5 Å². The molecule has 1 aliphatic heterocycles. The molecule has 0 N–H and O–H groups in total. The van der Waals surface area contributed by atoms with Gasteiger partial charge in [0.1, 0.15) is 11.9 Å². The van der Waals surface area contributed by atoms with Crippen LogP contribution in [0, 0.1) is 22.7 Å². The Kier molecular flexibility index (Phi) is 1.60. The maximum Gasteiger partial charge on any atom is 0.191 e. The molecule has 4 rings (SSSR count). The zero-order valence-corrected chi connectivity index (χ0v) is 10.9. The first kappa shape index (κ1) is 10.9. The molecule has 0 aromatic rings. The van der Waals surface area contributed by atoms with Crippen LogP contribution in [0.4, 0.5) is 0 Å². The molecule has 3 heteroatoms. The van der Waals surface area contributed by atoms with Crippen molar-refractivity contribution in [2.24, 2.45) is 22.7 Å². The third kappa shape index (κ3) is 0.851. The summed E-state index contributed by atoms with van der Waals surface area (Å²) < 4.78 is 5.70. The van der Waals surface area contributed by atoms with Crippen LogP contribution in [0.1, 0.15) is 33.1 Å². The Balaban J connectivity index is 1.87. The number of carbonyl (C=O) groups is 2. The molecule has 5 atom stereocenters. The van der Waals surface area contributed by atoms with Crippen molar-refractivity contribution in [3.63, 3.8) is 0 Å². The number of hydrogen-bond acceptors (Lipinski definition) is 3. The van der Waals surface area contributed by atoms with Crippen molar-refractivity contribution in [1.29, 1.82) is 0 Å². The van der Waals surface area contributed by atoms with Crippen LogP contribution in [0.15, 0.2) is 12.2 Å². The van der Waals surface area contributed by atoms with Gasteiger partial charge in [-0.1, -0.05) is 20.4 Å². The number of epoxide rings is 1. The first-order chi connectivity index (χ1) is 8.38. The lowest BCUT2D eigenvalue weighted by Crippen LogP contribution is -2.39. The summed E-state index contributed by atoms with van der Waals surface area (Å²) >= 11 is 0. The molecule has 0 radical (unpaired) electrons. The lowest BCUT2D eigenvalue weighted by Gasteiger charge is -2.32. The highest BCUT2D eigenvalue weighted by Gasteiger charge is 2.85. The van der Waals surface area contributed by atoms with Crippen LogP contribution in [-0.2, 0) is 14.3 Å². The standard InChI is InChI=1S/C15H18O3/c1-8-11(17)12-15(18-12)5-9-4-13(2,3)6-10(9)14(8,15)7-16/h7,9-10,12H,1,4-6H2,2-3H3/t9-,10-,12-,14+,15-/m1/s1. The van der Waals surface area contributed by atoms with Gasteiger partial charge in [0, 0.05) is 5.57 Å². The summed E-state index contributed by atoms with van der Waals surface area (Å²) in [4.78, 5) is 23.9. The van der Waals surface area contributed by atoms with Gasteiger partial charge in [0.15, 0.2) is 11.9 Å². The highest BCUT2D eigenvalue weighted by atomic mass is 16.6. The molecule has 1 heterocycles. The van der Waals surface area contributed by atoms with E-state index in [2.05, 4.69) is 20.4 Å². The smallest absolute Gasteiger partial charge is 0.191 e. The molecule has 18 heavy (non-hydrogen) atoms. The number of ether oxygens (including phenoxy) is 1. The van der Waals surface area contributed by atoms with Crippen molar-refractivity contribution in [3.8, 4) is 0 Å². The third-order valence-corrected chi connectivity index (χ3v) is 5.92. The minimum Gasteiger partial charge on any atom is -0.356 e. The maximum absolute atomic E-state index is 12.1. The largest absolute Gasteiger partial charge is 0.356 e. The first-order valence-corrected chi connectivity index (χ1v) is 6.76. The average molecular weight is 246 g/mol. The summed E-state index contributed by atoms with van der Waals surface area (Å²) in [6.07, 6.45) is 3.64. The monoisotopic (exact) mass is 246 g/mol. The van der Waals surface area contributed by atoms with Gasteiger partial charge in [0.05, 0.1) is 5.41 Å². The van der Waals surface area contributed by atoms with Crippen LogP contribution >= 0.6 is 0 Å². The molecule has 0 aromatic heterocycles. The van der Waals surface area contributed by atoms with Crippen molar-refractivity contribution < 1.29 is 14.3 Å². The Hall–Kier alpha value is -0.960. The summed E-state index contributed by atoms with van der Waals surface area (Å²) in [6, 6.07) is 0. The van der Waals surface area contributed by atoms with Gasteiger partial charge in [-0.3, -0.25) is 4.79 Å². The van der Waals surface area contributed by atoms with E-state index in [1.165, 1.54) is 0 Å². The Labute approximate surface area is 107 Å². The Morgan fingerprint density at radius 1 is 1.33 bits per heavy atom. The van der Waals surface area contributed by atoms with Gasteiger partial charge >= 0.3 is 0 Å². The summed E-state index contributed by atoms with van der Waals surface area (Å²) in [7, 11) is 0. The molecule has 3 aliphatic carbocycles. The van der Waals surface area contributed by atoms with Crippen LogP contribution in [0.5, 0.6) is 0 Å². The molecule has 4 fully saturated rings. The van der Waals surface area contributed by atoms with Gasteiger partial charge in [0.25, 0.3) is 0 Å². The van der Waals surface area contributed by atoms with Crippen molar-refractivity contribution in [2.45, 2.75) is 44.8 Å². The van der Waals surface area contributed by atoms with E-state index in [-0.39, 0.29) is 23.2 Å². The number of Topliss-reactive ketones (excluding diaryl/α,β-unsaturated/α-hetero) is 1. The highest BCUT2D eigenvalue weighted by molar-refractivity contribution is 6.11. The highest BCUT2D eigenvalue weighted by Crippen LogP contribution is 2.76. The van der Waals surface area contributed by atoms with Crippen LogP contribution in [0.2, 0.25) is 0 Å². The second-order valence-electron chi connectivity index (χ2n) is 7.36. The Morgan fingerprint density at radius 3 is 2.72 bits per heavy atom. The summed E-state index contributed by atoms with van der Waals surface area (Å²) in [5, 5.41) is 0. The van der Waals surface area contributed by atoms with Crippen LogP contribution < -0.4 is 0 Å². The summed E-state index contributed by atoms with van der Waals surface area (Å²) in [5.74, 6) is 0.749. The number of carbonyl (C=O) groups excluding carboxylic acids is 2. The van der Waals surface area contributed by atoms with Gasteiger partial charge in [-0.15, -0.1) is 0 Å². The van der Waals surface area contributed by atoms with E-state index in [1.54, 1.807) is 0 Å².